The highest BCUT2D eigenvalue weighted by Crippen LogP contribution is 2.25. The molecule has 0 spiro atoms. The van der Waals surface area contributed by atoms with Gasteiger partial charge in [-0.3, -0.25) is 4.79 Å². The topological polar surface area (TPSA) is 93.1 Å². The summed E-state index contributed by atoms with van der Waals surface area (Å²) in [6.07, 6.45) is 3.12. The summed E-state index contributed by atoms with van der Waals surface area (Å²) >= 11 is 1.52. The summed E-state index contributed by atoms with van der Waals surface area (Å²) in [6, 6.07) is 15.5. The first kappa shape index (κ1) is 22.1. The number of methoxy groups -OCH3 is 1. The van der Waals surface area contributed by atoms with Crippen LogP contribution in [0.5, 0.6) is 5.75 Å². The van der Waals surface area contributed by atoms with Gasteiger partial charge >= 0.3 is 0 Å². The maximum atomic E-state index is 12.7. The molecule has 0 fully saturated rings. The third-order valence-electron chi connectivity index (χ3n) is 5.18. The van der Waals surface area contributed by atoms with Crippen LogP contribution in [0, 0.1) is 25.2 Å². The minimum atomic E-state index is -0.465. The van der Waals surface area contributed by atoms with Crippen LogP contribution in [0.25, 0.3) is 22.5 Å². The zero-order valence-electron chi connectivity index (χ0n) is 18.5. The van der Waals surface area contributed by atoms with Gasteiger partial charge in [0.2, 0.25) is 5.89 Å². The number of carbonyl (C=O) groups is 1. The summed E-state index contributed by atoms with van der Waals surface area (Å²) in [7, 11) is 1.63. The number of nitrogens with zero attached hydrogens (tertiary/aromatic N) is 3. The van der Waals surface area contributed by atoms with Gasteiger partial charge < -0.3 is 19.0 Å². The van der Waals surface area contributed by atoms with Crippen molar-refractivity contribution in [2.75, 3.05) is 7.11 Å². The van der Waals surface area contributed by atoms with Gasteiger partial charge in [0.1, 0.15) is 23.7 Å². The largest absolute Gasteiger partial charge is 0.497 e. The van der Waals surface area contributed by atoms with Crippen LogP contribution >= 0.6 is 11.3 Å². The second-order valence-corrected chi connectivity index (χ2v) is 8.28. The molecule has 0 unspecified atom stereocenters. The van der Waals surface area contributed by atoms with Gasteiger partial charge in [-0.15, -0.1) is 11.3 Å². The normalized spacial score (nSPS) is 11.3. The van der Waals surface area contributed by atoms with Crippen LogP contribution in [-0.2, 0) is 11.3 Å². The molecule has 8 heteroatoms. The van der Waals surface area contributed by atoms with Crippen LogP contribution in [0.1, 0.15) is 22.6 Å². The number of hydrogen-bond donors (Lipinski definition) is 1. The Hall–Kier alpha value is -4.09. The Morgan fingerprint density at radius 3 is 2.76 bits per heavy atom. The highest BCUT2D eigenvalue weighted by molar-refractivity contribution is 7.13. The minimum absolute atomic E-state index is 0.0203. The van der Waals surface area contributed by atoms with Gasteiger partial charge in [-0.1, -0.05) is 6.07 Å². The number of hydrogen-bond acceptors (Lipinski definition) is 6. The summed E-state index contributed by atoms with van der Waals surface area (Å²) in [5.41, 5.74) is 4.30. The highest BCUT2D eigenvalue weighted by atomic mass is 32.1. The summed E-state index contributed by atoms with van der Waals surface area (Å²) in [5, 5.41) is 14.3. The van der Waals surface area contributed by atoms with E-state index in [9.17, 15) is 10.1 Å². The molecule has 0 aliphatic carbocycles. The quantitative estimate of drug-likeness (QED) is 0.309. The summed E-state index contributed by atoms with van der Waals surface area (Å²) in [5.74, 6) is 0.822. The van der Waals surface area contributed by atoms with Crippen molar-refractivity contribution in [3.05, 3.63) is 82.3 Å². The predicted octanol–water partition coefficient (Wildman–Crippen LogP) is 5.04. The molecule has 0 aliphatic rings. The number of amides is 1. The Kier molecular flexibility index (Phi) is 6.43. The van der Waals surface area contributed by atoms with E-state index in [2.05, 4.69) is 14.9 Å². The first-order valence-corrected chi connectivity index (χ1v) is 11.1. The van der Waals surface area contributed by atoms with E-state index in [-0.39, 0.29) is 12.1 Å². The van der Waals surface area contributed by atoms with E-state index < -0.39 is 5.91 Å². The standard InChI is InChI=1S/C25H22N4O3S/c1-16-11-18(17(2)29(16)21-6-8-22(31-3)9-7-21)12-19(13-26)24(30)27-14-20-15-32-25(28-20)23-5-4-10-33-23/h4-12,15H,14H2,1-3H3,(H,27,30)/b19-12+. The van der Waals surface area contributed by atoms with Crippen molar-refractivity contribution in [2.24, 2.45) is 0 Å². The van der Waals surface area contributed by atoms with Gasteiger partial charge in [-0.05, 0) is 67.3 Å². The van der Waals surface area contributed by atoms with Crippen molar-refractivity contribution in [2.45, 2.75) is 20.4 Å². The molecule has 1 N–H and O–H groups in total. The van der Waals surface area contributed by atoms with E-state index in [1.807, 2.05) is 67.8 Å². The molecule has 0 bridgehead atoms. The minimum Gasteiger partial charge on any atom is -0.497 e. The van der Waals surface area contributed by atoms with Gasteiger partial charge in [0.05, 0.1) is 24.2 Å². The number of rotatable bonds is 7. The number of thiophene rings is 1. The SMILES string of the molecule is COc1ccc(-n2c(C)cc(/C=C(\C#N)C(=O)NCc3coc(-c4cccs4)n3)c2C)cc1. The van der Waals surface area contributed by atoms with E-state index in [1.54, 1.807) is 13.2 Å². The van der Waals surface area contributed by atoms with Crippen molar-refractivity contribution < 1.29 is 13.9 Å². The van der Waals surface area contributed by atoms with Gasteiger partial charge in [-0.25, -0.2) is 4.98 Å². The zero-order chi connectivity index (χ0) is 23.4. The lowest BCUT2D eigenvalue weighted by atomic mass is 10.1. The molecule has 0 saturated heterocycles. The lowest BCUT2D eigenvalue weighted by Crippen LogP contribution is -2.24. The fourth-order valence-electron chi connectivity index (χ4n) is 3.53. The molecule has 0 radical (unpaired) electrons. The number of carbonyl (C=O) groups excluding carboxylic acids is 1. The van der Waals surface area contributed by atoms with Gasteiger partial charge in [-0.2, -0.15) is 5.26 Å². The number of nitrogens with one attached hydrogen (secondary N) is 1. The Morgan fingerprint density at radius 1 is 1.30 bits per heavy atom. The average Bonchev–Trinajstić information content (AvgIpc) is 3.57. The molecule has 7 nitrogen and oxygen atoms in total. The van der Waals surface area contributed by atoms with Crippen molar-refractivity contribution >= 4 is 23.3 Å². The zero-order valence-corrected chi connectivity index (χ0v) is 19.3. The third kappa shape index (κ3) is 4.73. The Bertz CT molecular complexity index is 1340. The van der Waals surface area contributed by atoms with Crippen LogP contribution in [-0.4, -0.2) is 22.6 Å². The van der Waals surface area contributed by atoms with Gasteiger partial charge in [0, 0.05) is 17.1 Å². The summed E-state index contributed by atoms with van der Waals surface area (Å²) in [4.78, 5) is 17.9. The predicted molar refractivity (Wildman–Crippen MR) is 127 cm³/mol. The van der Waals surface area contributed by atoms with Crippen LogP contribution in [0.3, 0.4) is 0 Å². The third-order valence-corrected chi connectivity index (χ3v) is 6.04. The molecular weight excluding hydrogens is 436 g/mol. The Labute approximate surface area is 195 Å². The summed E-state index contributed by atoms with van der Waals surface area (Å²) < 4.78 is 12.8. The van der Waals surface area contributed by atoms with Crippen molar-refractivity contribution in [1.82, 2.24) is 14.9 Å². The molecule has 0 aliphatic heterocycles. The lowest BCUT2D eigenvalue weighted by Gasteiger charge is -2.10. The maximum Gasteiger partial charge on any atom is 0.262 e. The van der Waals surface area contributed by atoms with E-state index in [0.29, 0.717) is 11.6 Å². The fraction of sp³-hybridized carbons (Fsp3) is 0.160. The van der Waals surface area contributed by atoms with Crippen LogP contribution in [0.4, 0.5) is 0 Å². The number of aryl methyl sites for hydroxylation is 1. The van der Waals surface area contributed by atoms with E-state index >= 15 is 0 Å². The molecule has 1 aromatic carbocycles. The number of oxazole rings is 1. The molecule has 0 saturated carbocycles. The van der Waals surface area contributed by atoms with E-state index in [0.717, 1.165) is 33.3 Å². The molecular formula is C25H22N4O3S. The smallest absolute Gasteiger partial charge is 0.262 e. The number of nitriles is 1. The summed E-state index contributed by atoms with van der Waals surface area (Å²) in [6.45, 7) is 4.10. The first-order chi connectivity index (χ1) is 16.0. The van der Waals surface area contributed by atoms with Crippen LogP contribution in [0.15, 0.2) is 64.1 Å². The van der Waals surface area contributed by atoms with E-state index in [1.165, 1.54) is 17.6 Å². The second kappa shape index (κ2) is 9.59. The molecule has 3 heterocycles. The monoisotopic (exact) mass is 458 g/mol. The average molecular weight is 459 g/mol. The maximum absolute atomic E-state index is 12.7. The highest BCUT2D eigenvalue weighted by Gasteiger charge is 2.15. The first-order valence-electron chi connectivity index (χ1n) is 10.2. The molecule has 0 atom stereocenters. The molecule has 1 amide bonds. The fourth-order valence-corrected chi connectivity index (χ4v) is 4.19. The molecule has 166 valence electrons. The number of aromatic nitrogens is 2. The molecule has 3 aromatic heterocycles. The Balaban J connectivity index is 1.50. The van der Waals surface area contributed by atoms with Gasteiger partial charge in [0.15, 0.2) is 0 Å². The van der Waals surface area contributed by atoms with Crippen molar-refractivity contribution in [1.29, 1.82) is 5.26 Å². The number of ether oxygens (including phenoxy) is 1. The Morgan fingerprint density at radius 2 is 2.09 bits per heavy atom. The number of benzene rings is 1. The second-order valence-electron chi connectivity index (χ2n) is 7.33. The lowest BCUT2D eigenvalue weighted by molar-refractivity contribution is -0.117. The van der Waals surface area contributed by atoms with Crippen LogP contribution in [0.2, 0.25) is 0 Å². The van der Waals surface area contributed by atoms with Crippen molar-refractivity contribution in [3.8, 4) is 28.3 Å². The van der Waals surface area contributed by atoms with Crippen LogP contribution < -0.4 is 10.1 Å². The van der Waals surface area contributed by atoms with Gasteiger partial charge in [0.25, 0.3) is 5.91 Å². The molecule has 4 rings (SSSR count). The van der Waals surface area contributed by atoms with Crippen molar-refractivity contribution in [3.63, 3.8) is 0 Å². The molecule has 33 heavy (non-hydrogen) atoms. The van der Waals surface area contributed by atoms with E-state index in [4.69, 9.17) is 9.15 Å². The molecule has 4 aromatic rings.